The second-order valence-corrected chi connectivity index (χ2v) is 7.58. The molecule has 1 aromatic rings. The van der Waals surface area contributed by atoms with Gasteiger partial charge in [-0.3, -0.25) is 4.79 Å². The van der Waals surface area contributed by atoms with Crippen LogP contribution in [0.15, 0.2) is 15.6 Å². The summed E-state index contributed by atoms with van der Waals surface area (Å²) in [5.41, 5.74) is 5.41. The first-order chi connectivity index (χ1) is 8.95. The number of sulfonamides is 1. The highest BCUT2D eigenvalue weighted by atomic mass is 32.2. The van der Waals surface area contributed by atoms with E-state index in [1.165, 1.54) is 27.1 Å². The maximum Gasteiger partial charge on any atom is 0.275 e. The minimum Gasteiger partial charge on any atom is -0.448 e. The summed E-state index contributed by atoms with van der Waals surface area (Å²) in [6, 6.07) is 1.23. The Labute approximate surface area is 119 Å². The van der Waals surface area contributed by atoms with E-state index in [-0.39, 0.29) is 23.0 Å². The lowest BCUT2D eigenvalue weighted by Crippen LogP contribution is -2.45. The first kappa shape index (κ1) is 16.7. The summed E-state index contributed by atoms with van der Waals surface area (Å²) in [5.74, 6) is -0.164. The fourth-order valence-corrected chi connectivity index (χ4v) is 2.25. The minimum atomic E-state index is -3.69. The molecule has 8 heteroatoms. The fraction of sp³-hybridized carbons (Fsp3) is 0.583. The Kier molecular flexibility index (Phi) is 4.62. The van der Waals surface area contributed by atoms with E-state index in [1.807, 2.05) is 0 Å². The quantitative estimate of drug-likeness (QED) is 0.814. The van der Waals surface area contributed by atoms with E-state index >= 15 is 0 Å². The molecule has 0 aromatic carbocycles. The number of nitrogens with zero attached hydrogens (tertiary/aromatic N) is 1. The number of amides is 1. The highest BCUT2D eigenvalue weighted by Crippen LogP contribution is 2.21. The number of nitrogens with two attached hydrogens (primary N) is 1. The van der Waals surface area contributed by atoms with Crippen LogP contribution in [0.25, 0.3) is 0 Å². The van der Waals surface area contributed by atoms with Crippen LogP contribution in [-0.4, -0.2) is 44.8 Å². The van der Waals surface area contributed by atoms with E-state index in [0.29, 0.717) is 0 Å². The number of hydrogen-bond donors (Lipinski definition) is 2. The van der Waals surface area contributed by atoms with Gasteiger partial charge in [-0.1, -0.05) is 0 Å². The summed E-state index contributed by atoms with van der Waals surface area (Å²) in [6.07, 6.45) is 0. The van der Waals surface area contributed by atoms with Crippen LogP contribution in [0.2, 0.25) is 0 Å². The van der Waals surface area contributed by atoms with Crippen LogP contribution >= 0.6 is 0 Å². The van der Waals surface area contributed by atoms with Gasteiger partial charge in [0.2, 0.25) is 5.09 Å². The van der Waals surface area contributed by atoms with Crippen molar-refractivity contribution < 1.29 is 17.6 Å². The van der Waals surface area contributed by atoms with Crippen LogP contribution in [0.1, 0.15) is 30.0 Å². The summed E-state index contributed by atoms with van der Waals surface area (Å²) in [7, 11) is -0.908. The molecule has 1 amide bonds. The summed E-state index contributed by atoms with van der Waals surface area (Å²) in [5, 5.41) is 2.39. The van der Waals surface area contributed by atoms with Gasteiger partial charge in [-0.05, 0) is 20.8 Å². The Bertz CT molecular complexity index is 597. The van der Waals surface area contributed by atoms with Gasteiger partial charge in [0, 0.05) is 32.2 Å². The van der Waals surface area contributed by atoms with Crippen molar-refractivity contribution in [3.63, 3.8) is 0 Å². The molecule has 0 aliphatic carbocycles. The molecule has 0 fully saturated rings. The largest absolute Gasteiger partial charge is 0.448 e. The normalized spacial score (nSPS) is 12.8. The van der Waals surface area contributed by atoms with Crippen molar-refractivity contribution in [1.82, 2.24) is 9.62 Å². The highest BCUT2D eigenvalue weighted by molar-refractivity contribution is 7.88. The Morgan fingerprint density at radius 3 is 2.45 bits per heavy atom. The van der Waals surface area contributed by atoms with Crippen molar-refractivity contribution in [3.05, 3.63) is 17.4 Å². The molecule has 0 bridgehead atoms. The van der Waals surface area contributed by atoms with Gasteiger partial charge in [0.1, 0.15) is 5.76 Å². The smallest absolute Gasteiger partial charge is 0.275 e. The first-order valence-corrected chi connectivity index (χ1v) is 7.49. The zero-order valence-electron chi connectivity index (χ0n) is 12.4. The molecule has 0 radical (unpaired) electrons. The third kappa shape index (κ3) is 3.81. The van der Waals surface area contributed by atoms with E-state index < -0.39 is 21.5 Å². The molecule has 0 aliphatic rings. The van der Waals surface area contributed by atoms with Crippen LogP contribution in [-0.2, 0) is 10.0 Å². The third-order valence-corrected chi connectivity index (χ3v) is 4.25. The molecule has 1 aromatic heterocycles. The lowest BCUT2D eigenvalue weighted by Gasteiger charge is -2.18. The van der Waals surface area contributed by atoms with Crippen molar-refractivity contribution >= 4 is 15.9 Å². The molecule has 0 aliphatic heterocycles. The molecule has 0 saturated carbocycles. The van der Waals surface area contributed by atoms with Crippen LogP contribution in [0.3, 0.4) is 0 Å². The van der Waals surface area contributed by atoms with Crippen LogP contribution in [0.5, 0.6) is 0 Å². The van der Waals surface area contributed by atoms with Crippen molar-refractivity contribution in [3.8, 4) is 0 Å². The molecule has 0 spiro atoms. The molecular formula is C12H21N3O4S. The Morgan fingerprint density at radius 1 is 1.45 bits per heavy atom. The zero-order valence-corrected chi connectivity index (χ0v) is 13.2. The average molecular weight is 303 g/mol. The van der Waals surface area contributed by atoms with Crippen LogP contribution in [0, 0.1) is 6.92 Å². The zero-order chi connectivity index (χ0) is 15.7. The van der Waals surface area contributed by atoms with Crippen molar-refractivity contribution in [2.24, 2.45) is 5.73 Å². The topological polar surface area (TPSA) is 106 Å². The van der Waals surface area contributed by atoms with Gasteiger partial charge in [-0.15, -0.1) is 0 Å². The molecular weight excluding hydrogens is 282 g/mol. The number of aryl methyl sites for hydroxylation is 1. The minimum absolute atomic E-state index is 0.190. The molecule has 0 saturated heterocycles. The molecule has 20 heavy (non-hydrogen) atoms. The van der Waals surface area contributed by atoms with Crippen LogP contribution < -0.4 is 11.1 Å². The van der Waals surface area contributed by atoms with E-state index in [0.717, 1.165) is 4.31 Å². The Hall–Kier alpha value is -1.38. The lowest BCUT2D eigenvalue weighted by molar-refractivity contribution is 0.0944. The van der Waals surface area contributed by atoms with Crippen molar-refractivity contribution in [2.75, 3.05) is 20.6 Å². The van der Waals surface area contributed by atoms with Gasteiger partial charge >= 0.3 is 0 Å². The molecule has 1 rings (SSSR count). The number of rotatable bonds is 5. The molecule has 7 nitrogen and oxygen atoms in total. The SMILES string of the molecule is Cc1oc(S(=O)(=O)N(C)C)cc1C(=O)NCC(C)(C)N. The number of carbonyl (C=O) groups is 1. The number of nitrogens with one attached hydrogen (secondary N) is 1. The van der Waals surface area contributed by atoms with Crippen molar-refractivity contribution in [2.45, 2.75) is 31.4 Å². The molecule has 1 heterocycles. The first-order valence-electron chi connectivity index (χ1n) is 6.05. The maximum absolute atomic E-state index is 12.0. The number of furan rings is 1. The van der Waals surface area contributed by atoms with Gasteiger partial charge in [0.05, 0.1) is 5.56 Å². The van der Waals surface area contributed by atoms with Gasteiger partial charge in [-0.2, -0.15) is 0 Å². The van der Waals surface area contributed by atoms with E-state index in [2.05, 4.69) is 5.32 Å². The summed E-state index contributed by atoms with van der Waals surface area (Å²) >= 11 is 0. The maximum atomic E-state index is 12.0. The molecule has 3 N–H and O–H groups in total. The Balaban J connectivity index is 3.00. The number of hydrogen-bond acceptors (Lipinski definition) is 5. The Morgan fingerprint density at radius 2 is 2.00 bits per heavy atom. The lowest BCUT2D eigenvalue weighted by atomic mass is 10.1. The van der Waals surface area contributed by atoms with Gasteiger partial charge < -0.3 is 15.5 Å². The molecule has 0 atom stereocenters. The van der Waals surface area contributed by atoms with Crippen LogP contribution in [0.4, 0.5) is 0 Å². The highest BCUT2D eigenvalue weighted by Gasteiger charge is 2.26. The number of carbonyl (C=O) groups excluding carboxylic acids is 1. The van der Waals surface area contributed by atoms with E-state index in [4.69, 9.17) is 10.2 Å². The predicted molar refractivity (Wildman–Crippen MR) is 74.9 cm³/mol. The predicted octanol–water partition coefficient (Wildman–Crippen LogP) is 0.305. The molecule has 0 unspecified atom stereocenters. The summed E-state index contributed by atoms with van der Waals surface area (Å²) in [6.45, 7) is 5.36. The van der Waals surface area contributed by atoms with E-state index in [9.17, 15) is 13.2 Å². The molecule has 114 valence electrons. The monoisotopic (exact) mass is 303 g/mol. The second kappa shape index (κ2) is 5.55. The summed E-state index contributed by atoms with van der Waals surface area (Å²) < 4.78 is 30.0. The second-order valence-electron chi connectivity index (χ2n) is 5.49. The summed E-state index contributed by atoms with van der Waals surface area (Å²) in [4.78, 5) is 12.0. The van der Waals surface area contributed by atoms with Crippen molar-refractivity contribution in [1.29, 1.82) is 0 Å². The van der Waals surface area contributed by atoms with E-state index in [1.54, 1.807) is 13.8 Å². The standard InChI is InChI=1S/C12H21N3O4S/c1-8-9(11(16)14-7-12(2,3)13)6-10(19-8)20(17,18)15(4)5/h6H,7,13H2,1-5H3,(H,14,16). The van der Waals surface area contributed by atoms with Gasteiger partial charge in [-0.25, -0.2) is 12.7 Å². The van der Waals surface area contributed by atoms with Gasteiger partial charge in [0.15, 0.2) is 0 Å². The average Bonchev–Trinajstić information content (AvgIpc) is 2.67. The third-order valence-electron chi connectivity index (χ3n) is 2.58. The fourth-order valence-electron chi connectivity index (χ4n) is 1.39. The van der Waals surface area contributed by atoms with Gasteiger partial charge in [0.25, 0.3) is 15.9 Å².